The highest BCUT2D eigenvalue weighted by molar-refractivity contribution is 5.94. The molecule has 0 saturated carbocycles. The van der Waals surface area contributed by atoms with Crippen molar-refractivity contribution in [2.45, 2.75) is 49.7 Å². The van der Waals surface area contributed by atoms with Crippen LogP contribution in [0.3, 0.4) is 0 Å². The number of nitrogens with zero attached hydrogens (tertiary/aromatic N) is 2. The lowest BCUT2D eigenvalue weighted by Gasteiger charge is -2.48. The van der Waals surface area contributed by atoms with E-state index in [1.807, 2.05) is 12.1 Å². The molecule has 176 valence electrons. The smallest absolute Gasteiger partial charge is 0.253 e. The highest BCUT2D eigenvalue weighted by atomic mass is 16.2. The van der Waals surface area contributed by atoms with Crippen LogP contribution in [0.2, 0.25) is 0 Å². The van der Waals surface area contributed by atoms with Crippen LogP contribution in [0.25, 0.3) is 0 Å². The van der Waals surface area contributed by atoms with E-state index in [2.05, 4.69) is 83.0 Å². The number of carbonyl (C=O) groups is 1. The normalized spacial score (nSPS) is 24.1. The zero-order valence-corrected chi connectivity index (χ0v) is 20.3. The van der Waals surface area contributed by atoms with Gasteiger partial charge in [0.2, 0.25) is 0 Å². The molecule has 2 fully saturated rings. The van der Waals surface area contributed by atoms with Gasteiger partial charge >= 0.3 is 0 Å². The first kappa shape index (κ1) is 22.7. The van der Waals surface area contributed by atoms with Crippen LogP contribution in [0.5, 0.6) is 0 Å². The Morgan fingerprint density at radius 3 is 2.32 bits per heavy atom. The summed E-state index contributed by atoms with van der Waals surface area (Å²) in [5.41, 5.74) is 4.77. The molecule has 3 atom stereocenters. The van der Waals surface area contributed by atoms with Crippen molar-refractivity contribution < 1.29 is 4.79 Å². The van der Waals surface area contributed by atoms with Gasteiger partial charge in [-0.05, 0) is 67.5 Å². The van der Waals surface area contributed by atoms with Crippen molar-refractivity contribution in [1.29, 1.82) is 0 Å². The Morgan fingerprint density at radius 1 is 0.971 bits per heavy atom. The van der Waals surface area contributed by atoms with Crippen molar-refractivity contribution in [3.63, 3.8) is 0 Å². The van der Waals surface area contributed by atoms with Gasteiger partial charge in [0.05, 0.1) is 0 Å². The zero-order chi connectivity index (χ0) is 23.5. The molecule has 4 heteroatoms. The van der Waals surface area contributed by atoms with Crippen LogP contribution >= 0.6 is 0 Å². The molecule has 1 N–H and O–H groups in total. The third kappa shape index (κ3) is 4.47. The third-order valence-corrected chi connectivity index (χ3v) is 7.73. The number of piperidine rings is 1. The Balaban J connectivity index is 1.35. The van der Waals surface area contributed by atoms with E-state index in [9.17, 15) is 4.79 Å². The second-order valence-electron chi connectivity index (χ2n) is 10.1. The molecule has 2 bridgehead atoms. The van der Waals surface area contributed by atoms with Crippen LogP contribution in [0.15, 0.2) is 84.9 Å². The number of hydrogen-bond donors (Lipinski definition) is 1. The van der Waals surface area contributed by atoms with Gasteiger partial charge in [-0.1, -0.05) is 60.7 Å². The predicted molar refractivity (Wildman–Crippen MR) is 139 cm³/mol. The molecule has 3 unspecified atom stereocenters. The fraction of sp³-hybridized carbons (Fsp3) is 0.367. The van der Waals surface area contributed by atoms with Crippen LogP contribution in [-0.4, -0.2) is 48.4 Å². The number of amides is 1. The summed E-state index contributed by atoms with van der Waals surface area (Å²) in [5.74, 6) is 0.0411. The largest absolute Gasteiger partial charge is 0.382 e. The molecule has 4 nitrogen and oxygen atoms in total. The maximum Gasteiger partial charge on any atom is 0.253 e. The minimum atomic E-state index is 0.0411. The van der Waals surface area contributed by atoms with E-state index in [-0.39, 0.29) is 11.4 Å². The minimum Gasteiger partial charge on any atom is -0.382 e. The summed E-state index contributed by atoms with van der Waals surface area (Å²) in [6, 6.07) is 31.0. The fourth-order valence-electron chi connectivity index (χ4n) is 6.12. The minimum absolute atomic E-state index is 0.0411. The van der Waals surface area contributed by atoms with Crippen LogP contribution in [0.4, 0.5) is 5.69 Å². The molecule has 0 spiro atoms. The Hall–Kier alpha value is -3.11. The number of anilines is 1. The maximum absolute atomic E-state index is 12.2. The zero-order valence-electron chi connectivity index (χ0n) is 20.3. The van der Waals surface area contributed by atoms with Crippen LogP contribution in [-0.2, 0) is 12.0 Å². The van der Waals surface area contributed by atoms with E-state index in [1.165, 1.54) is 24.0 Å². The van der Waals surface area contributed by atoms with Gasteiger partial charge in [-0.3, -0.25) is 9.69 Å². The quantitative estimate of drug-likeness (QED) is 0.508. The first-order chi connectivity index (χ1) is 16.5. The van der Waals surface area contributed by atoms with Gasteiger partial charge in [0.25, 0.3) is 5.91 Å². The second-order valence-corrected chi connectivity index (χ2v) is 10.1. The summed E-state index contributed by atoms with van der Waals surface area (Å²) in [5, 5.41) is 3.81. The molecule has 2 aliphatic rings. The van der Waals surface area contributed by atoms with Gasteiger partial charge in [-0.25, -0.2) is 0 Å². The highest BCUT2D eigenvalue weighted by Crippen LogP contribution is 2.51. The monoisotopic (exact) mass is 453 g/mol. The van der Waals surface area contributed by atoms with Crippen molar-refractivity contribution in [1.82, 2.24) is 9.80 Å². The Bertz CT molecular complexity index is 1100. The lowest BCUT2D eigenvalue weighted by molar-refractivity contribution is 0.0457. The van der Waals surface area contributed by atoms with Gasteiger partial charge < -0.3 is 10.2 Å². The molecule has 2 aliphatic heterocycles. The van der Waals surface area contributed by atoms with E-state index in [1.54, 1.807) is 19.0 Å². The Morgan fingerprint density at radius 2 is 1.65 bits per heavy atom. The SMILES string of the molecule is CN(C)C(=O)c1ccc(NC2CC3CCC(c4ccccc4)(C2)N3CCc2ccccc2)cc1. The topological polar surface area (TPSA) is 35.6 Å². The van der Waals surface area contributed by atoms with Crippen molar-refractivity contribution in [3.8, 4) is 0 Å². The molecular weight excluding hydrogens is 418 g/mol. The van der Waals surface area contributed by atoms with E-state index in [4.69, 9.17) is 0 Å². The van der Waals surface area contributed by atoms with Crippen LogP contribution in [0, 0.1) is 0 Å². The van der Waals surface area contributed by atoms with Crippen molar-refractivity contribution in [2.24, 2.45) is 0 Å². The molecule has 0 aromatic heterocycles. The average molecular weight is 454 g/mol. The van der Waals surface area contributed by atoms with Crippen LogP contribution < -0.4 is 5.32 Å². The summed E-state index contributed by atoms with van der Waals surface area (Å²) in [6.45, 7) is 1.09. The molecular formula is C30H35N3O. The summed E-state index contributed by atoms with van der Waals surface area (Å²) >= 11 is 0. The van der Waals surface area contributed by atoms with Crippen LogP contribution in [0.1, 0.15) is 47.2 Å². The predicted octanol–water partition coefficient (Wildman–Crippen LogP) is 5.57. The number of carbonyl (C=O) groups excluding carboxylic acids is 1. The Kier molecular flexibility index (Phi) is 6.42. The first-order valence-corrected chi connectivity index (χ1v) is 12.5. The lowest BCUT2D eigenvalue weighted by atomic mass is 9.79. The summed E-state index contributed by atoms with van der Waals surface area (Å²) in [7, 11) is 3.58. The third-order valence-electron chi connectivity index (χ3n) is 7.73. The number of fused-ring (bicyclic) bond motifs is 2. The second kappa shape index (κ2) is 9.63. The number of rotatable bonds is 7. The fourth-order valence-corrected chi connectivity index (χ4v) is 6.12. The molecule has 2 saturated heterocycles. The summed E-state index contributed by atoms with van der Waals surface area (Å²) in [4.78, 5) is 16.7. The van der Waals surface area contributed by atoms with Gasteiger partial charge in [0.1, 0.15) is 0 Å². The van der Waals surface area contributed by atoms with Gasteiger partial charge in [-0.15, -0.1) is 0 Å². The lowest BCUT2D eigenvalue weighted by Crippen LogP contribution is -2.54. The highest BCUT2D eigenvalue weighted by Gasteiger charge is 2.52. The van der Waals surface area contributed by atoms with Gasteiger partial charge in [-0.2, -0.15) is 0 Å². The van der Waals surface area contributed by atoms with E-state index >= 15 is 0 Å². The molecule has 34 heavy (non-hydrogen) atoms. The molecule has 1 amide bonds. The summed E-state index contributed by atoms with van der Waals surface area (Å²) < 4.78 is 0. The molecule has 0 radical (unpaired) electrons. The number of hydrogen-bond acceptors (Lipinski definition) is 3. The molecule has 2 heterocycles. The maximum atomic E-state index is 12.2. The molecule has 3 aromatic rings. The number of benzene rings is 3. The molecule has 3 aromatic carbocycles. The van der Waals surface area contributed by atoms with Gasteiger partial charge in [0, 0.05) is 49.5 Å². The van der Waals surface area contributed by atoms with E-state index in [0.29, 0.717) is 12.1 Å². The van der Waals surface area contributed by atoms with Gasteiger partial charge in [0.15, 0.2) is 0 Å². The first-order valence-electron chi connectivity index (χ1n) is 12.5. The van der Waals surface area contributed by atoms with Crippen molar-refractivity contribution >= 4 is 11.6 Å². The average Bonchev–Trinajstić information content (AvgIpc) is 3.09. The Labute approximate surface area is 203 Å². The van der Waals surface area contributed by atoms with E-state index < -0.39 is 0 Å². The van der Waals surface area contributed by atoms with Crippen molar-refractivity contribution in [2.75, 3.05) is 26.0 Å². The van der Waals surface area contributed by atoms with Crippen molar-refractivity contribution in [3.05, 3.63) is 102 Å². The number of nitrogens with one attached hydrogen (secondary N) is 1. The molecule has 5 rings (SSSR count). The summed E-state index contributed by atoms with van der Waals surface area (Å²) in [6.07, 6.45) is 5.80. The van der Waals surface area contributed by atoms with E-state index in [0.717, 1.165) is 37.1 Å². The standard InChI is InChI=1S/C30H35N3O/c1-32(2)29(34)24-13-15-26(16-14-24)31-27-21-28-17-19-30(22-27,25-11-7-4-8-12-25)33(28)20-18-23-9-5-3-6-10-23/h3-16,27-28,31H,17-22H2,1-2H3. The molecule has 0 aliphatic carbocycles.